The average molecular weight is 332 g/mol. The second-order valence-electron chi connectivity index (χ2n) is 6.00. The third kappa shape index (κ3) is 4.32. The Hall–Kier alpha value is -2.41. The van der Waals surface area contributed by atoms with Gasteiger partial charge in [0.2, 0.25) is 11.8 Å². The zero-order chi connectivity index (χ0) is 17.7. The molecular weight excluding hydrogens is 308 g/mol. The average Bonchev–Trinajstić information content (AvgIpc) is 2.93. The summed E-state index contributed by atoms with van der Waals surface area (Å²) in [5.74, 6) is -0.440. The van der Waals surface area contributed by atoms with Gasteiger partial charge in [-0.1, -0.05) is 12.1 Å². The van der Waals surface area contributed by atoms with E-state index in [2.05, 4.69) is 10.6 Å². The van der Waals surface area contributed by atoms with E-state index in [0.29, 0.717) is 6.54 Å². The summed E-state index contributed by atoms with van der Waals surface area (Å²) in [5, 5.41) is 6.01. The number of amides is 2. The van der Waals surface area contributed by atoms with Gasteiger partial charge in [-0.25, -0.2) is 0 Å². The lowest BCUT2D eigenvalue weighted by Gasteiger charge is -2.24. The number of likely N-dealkylation sites (tertiary alicyclic amines) is 1. The molecule has 0 radical (unpaired) electrons. The number of primary amides is 1. The number of ketones is 1. The molecule has 1 saturated heterocycles. The normalized spacial score (nSPS) is 18.5. The Kier molecular flexibility index (Phi) is 5.92. The first-order valence-electron chi connectivity index (χ1n) is 8.04. The predicted octanol–water partition coefficient (Wildman–Crippen LogP) is -0.0958. The molecule has 2 amide bonds. The molecule has 0 bridgehead atoms. The minimum atomic E-state index is -0.447. The molecule has 7 heteroatoms. The predicted molar refractivity (Wildman–Crippen MR) is 91.5 cm³/mol. The molecule has 0 aromatic heterocycles. The summed E-state index contributed by atoms with van der Waals surface area (Å²) in [5.41, 5.74) is 6.76. The van der Waals surface area contributed by atoms with Gasteiger partial charge >= 0.3 is 0 Å². The van der Waals surface area contributed by atoms with Gasteiger partial charge < -0.3 is 21.3 Å². The van der Waals surface area contributed by atoms with Crippen LogP contribution in [0.4, 0.5) is 5.69 Å². The van der Waals surface area contributed by atoms with Crippen molar-refractivity contribution in [3.05, 3.63) is 29.8 Å². The van der Waals surface area contributed by atoms with Crippen LogP contribution in [0.5, 0.6) is 0 Å². The molecule has 0 spiro atoms. The topological polar surface area (TPSA) is 105 Å². The minimum absolute atomic E-state index is 0.0193. The monoisotopic (exact) mass is 332 g/mol. The highest BCUT2D eigenvalue weighted by Gasteiger charge is 2.35. The lowest BCUT2D eigenvalue weighted by atomic mass is 10.1. The molecule has 1 aliphatic heterocycles. The van der Waals surface area contributed by atoms with Gasteiger partial charge in [0.05, 0.1) is 25.0 Å². The number of carbonyl (C=O) groups is 3. The van der Waals surface area contributed by atoms with Crippen LogP contribution in [0, 0.1) is 0 Å². The number of nitrogens with one attached hydrogen (secondary N) is 2. The van der Waals surface area contributed by atoms with Crippen LogP contribution in [0.15, 0.2) is 24.3 Å². The maximum absolute atomic E-state index is 12.3. The number of benzene rings is 1. The van der Waals surface area contributed by atoms with E-state index in [1.165, 1.54) is 0 Å². The molecule has 1 aliphatic rings. The lowest BCUT2D eigenvalue weighted by molar-refractivity contribution is -0.136. The van der Waals surface area contributed by atoms with Gasteiger partial charge in [-0.05, 0) is 38.1 Å². The highest BCUT2D eigenvalue weighted by molar-refractivity contribution is 5.93. The van der Waals surface area contributed by atoms with E-state index < -0.39 is 6.04 Å². The van der Waals surface area contributed by atoms with E-state index in [9.17, 15) is 14.4 Å². The SMILES string of the molecule is CNC1CCN([C@@H](C)C(=O)CNc2ccc(CC(N)=O)cc2)C1=O. The zero-order valence-electron chi connectivity index (χ0n) is 14.0. The van der Waals surface area contributed by atoms with Crippen molar-refractivity contribution in [1.82, 2.24) is 10.2 Å². The Labute approximate surface area is 141 Å². The number of likely N-dealkylation sites (N-methyl/N-ethyl adjacent to an activating group) is 1. The van der Waals surface area contributed by atoms with E-state index in [0.717, 1.165) is 17.7 Å². The number of carbonyl (C=O) groups excluding carboxylic acids is 3. The van der Waals surface area contributed by atoms with Crippen molar-refractivity contribution in [2.45, 2.75) is 31.8 Å². The maximum Gasteiger partial charge on any atom is 0.240 e. The molecule has 2 rings (SSSR count). The number of hydrogen-bond acceptors (Lipinski definition) is 5. The Bertz CT molecular complexity index is 615. The van der Waals surface area contributed by atoms with Crippen LogP contribution in [0.2, 0.25) is 0 Å². The largest absolute Gasteiger partial charge is 0.378 e. The summed E-state index contributed by atoms with van der Waals surface area (Å²) in [7, 11) is 1.75. The quantitative estimate of drug-likeness (QED) is 0.617. The Morgan fingerprint density at radius 2 is 2.00 bits per heavy atom. The van der Waals surface area contributed by atoms with Crippen LogP contribution in [0.1, 0.15) is 18.9 Å². The summed E-state index contributed by atoms with van der Waals surface area (Å²) in [6.07, 6.45) is 0.918. The van der Waals surface area contributed by atoms with Crippen LogP contribution >= 0.6 is 0 Å². The Balaban J connectivity index is 1.86. The van der Waals surface area contributed by atoms with Crippen LogP contribution in [-0.4, -0.2) is 54.7 Å². The first kappa shape index (κ1) is 17.9. The standard InChI is InChI=1S/C17H24N4O3/c1-11(21-8-7-14(19-2)17(21)24)15(22)10-20-13-5-3-12(4-6-13)9-16(18)23/h3-6,11,14,19-20H,7-10H2,1-2H3,(H2,18,23)/t11-,14?/m0/s1. The number of hydrogen-bond donors (Lipinski definition) is 3. The summed E-state index contributed by atoms with van der Waals surface area (Å²) in [6.45, 7) is 2.50. The molecule has 2 atom stereocenters. The van der Waals surface area contributed by atoms with Crippen LogP contribution < -0.4 is 16.4 Å². The number of nitrogens with zero attached hydrogens (tertiary/aromatic N) is 1. The molecule has 24 heavy (non-hydrogen) atoms. The van der Waals surface area contributed by atoms with E-state index in [-0.39, 0.29) is 36.6 Å². The van der Waals surface area contributed by atoms with Crippen LogP contribution in [0.25, 0.3) is 0 Å². The van der Waals surface area contributed by atoms with Crippen molar-refractivity contribution in [3.8, 4) is 0 Å². The molecule has 4 N–H and O–H groups in total. The second-order valence-corrected chi connectivity index (χ2v) is 6.00. The summed E-state index contributed by atoms with van der Waals surface area (Å²) in [4.78, 5) is 36.9. The fourth-order valence-corrected chi connectivity index (χ4v) is 2.81. The summed E-state index contributed by atoms with van der Waals surface area (Å²) < 4.78 is 0. The van der Waals surface area contributed by atoms with Crippen molar-refractivity contribution in [2.24, 2.45) is 5.73 Å². The number of rotatable bonds is 8. The fourth-order valence-electron chi connectivity index (χ4n) is 2.81. The van der Waals surface area contributed by atoms with Crippen LogP contribution in [-0.2, 0) is 20.8 Å². The van der Waals surface area contributed by atoms with Crippen molar-refractivity contribution in [3.63, 3.8) is 0 Å². The van der Waals surface area contributed by atoms with Gasteiger partial charge in [0.15, 0.2) is 5.78 Å². The molecule has 1 unspecified atom stereocenters. The molecule has 1 heterocycles. The lowest BCUT2D eigenvalue weighted by Crippen LogP contribution is -2.45. The third-order valence-electron chi connectivity index (χ3n) is 4.32. The van der Waals surface area contributed by atoms with Crippen molar-refractivity contribution >= 4 is 23.3 Å². The zero-order valence-corrected chi connectivity index (χ0v) is 14.0. The summed E-state index contributed by atoms with van der Waals surface area (Å²) in [6, 6.07) is 6.55. The fraction of sp³-hybridized carbons (Fsp3) is 0.471. The highest BCUT2D eigenvalue weighted by Crippen LogP contribution is 2.15. The third-order valence-corrected chi connectivity index (χ3v) is 4.32. The van der Waals surface area contributed by atoms with E-state index in [1.54, 1.807) is 43.1 Å². The number of anilines is 1. The van der Waals surface area contributed by atoms with Gasteiger partial charge in [-0.3, -0.25) is 14.4 Å². The van der Waals surface area contributed by atoms with E-state index >= 15 is 0 Å². The highest BCUT2D eigenvalue weighted by atomic mass is 16.2. The van der Waals surface area contributed by atoms with Gasteiger partial charge in [0.25, 0.3) is 0 Å². The summed E-state index contributed by atoms with van der Waals surface area (Å²) >= 11 is 0. The first-order chi connectivity index (χ1) is 11.4. The Morgan fingerprint density at radius 3 is 2.54 bits per heavy atom. The van der Waals surface area contributed by atoms with Gasteiger partial charge in [-0.15, -0.1) is 0 Å². The molecule has 7 nitrogen and oxygen atoms in total. The smallest absolute Gasteiger partial charge is 0.240 e. The van der Waals surface area contributed by atoms with E-state index in [4.69, 9.17) is 5.73 Å². The van der Waals surface area contributed by atoms with Crippen molar-refractivity contribution < 1.29 is 14.4 Å². The van der Waals surface area contributed by atoms with Gasteiger partial charge in [0.1, 0.15) is 0 Å². The maximum atomic E-state index is 12.3. The van der Waals surface area contributed by atoms with Gasteiger partial charge in [-0.2, -0.15) is 0 Å². The van der Waals surface area contributed by atoms with Crippen molar-refractivity contribution in [2.75, 3.05) is 25.5 Å². The molecule has 0 saturated carbocycles. The molecule has 1 fully saturated rings. The van der Waals surface area contributed by atoms with Crippen LogP contribution in [0.3, 0.4) is 0 Å². The number of nitrogens with two attached hydrogens (primary N) is 1. The van der Waals surface area contributed by atoms with E-state index in [1.807, 2.05) is 0 Å². The van der Waals surface area contributed by atoms with Crippen molar-refractivity contribution in [1.29, 1.82) is 0 Å². The second kappa shape index (κ2) is 7.92. The molecule has 130 valence electrons. The van der Waals surface area contributed by atoms with Gasteiger partial charge in [0, 0.05) is 12.2 Å². The molecule has 1 aromatic rings. The molecular formula is C17H24N4O3. The Morgan fingerprint density at radius 1 is 1.33 bits per heavy atom. The molecule has 0 aliphatic carbocycles. The number of Topliss-reactive ketones (excluding diaryl/α,β-unsaturated/α-hetero) is 1. The molecule has 1 aromatic carbocycles. The minimum Gasteiger partial charge on any atom is -0.378 e. The first-order valence-corrected chi connectivity index (χ1v) is 8.04.